The molecular weight excluding hydrogens is 336 g/mol. The molecule has 2 N–H and O–H groups in total. The van der Waals surface area contributed by atoms with Crippen molar-refractivity contribution in [3.63, 3.8) is 0 Å². The molecule has 0 bridgehead atoms. The van der Waals surface area contributed by atoms with Crippen LogP contribution in [0.4, 0.5) is 0 Å². The molecule has 1 atom stereocenters. The first-order valence-electron chi connectivity index (χ1n) is 8.30. The average Bonchev–Trinajstić information content (AvgIpc) is 3.39. The predicted octanol–water partition coefficient (Wildman–Crippen LogP) is 0.932. The van der Waals surface area contributed by atoms with E-state index in [4.69, 9.17) is 5.11 Å². The quantitative estimate of drug-likeness (QED) is 0.708. The highest BCUT2D eigenvalue weighted by Crippen LogP contribution is 2.21. The minimum Gasteiger partial charge on any atom is -0.476 e. The number of rotatable bonds is 5. The van der Waals surface area contributed by atoms with Gasteiger partial charge in [-0.2, -0.15) is 5.10 Å². The molecule has 3 aromatic heterocycles. The van der Waals surface area contributed by atoms with Gasteiger partial charge in [0.1, 0.15) is 6.04 Å². The lowest BCUT2D eigenvalue weighted by atomic mass is 10.1. The molecule has 134 valence electrons. The predicted molar refractivity (Wildman–Crippen MR) is 90.4 cm³/mol. The highest BCUT2D eigenvalue weighted by atomic mass is 16.4. The number of carboxylic acids is 1. The van der Waals surface area contributed by atoms with Crippen molar-refractivity contribution in [3.8, 4) is 0 Å². The van der Waals surface area contributed by atoms with Crippen LogP contribution in [-0.4, -0.2) is 52.7 Å². The van der Waals surface area contributed by atoms with Gasteiger partial charge in [-0.3, -0.25) is 9.48 Å². The first-order valence-corrected chi connectivity index (χ1v) is 8.30. The second-order valence-corrected chi connectivity index (χ2v) is 6.24. The molecule has 26 heavy (non-hydrogen) atoms. The van der Waals surface area contributed by atoms with Crippen molar-refractivity contribution >= 4 is 11.9 Å². The van der Waals surface area contributed by atoms with E-state index >= 15 is 0 Å². The fraction of sp³-hybridized carbons (Fsp3) is 0.294. The van der Waals surface area contributed by atoms with Crippen molar-refractivity contribution in [2.24, 2.45) is 0 Å². The third kappa shape index (κ3) is 2.99. The number of aromatic amines is 1. The molecule has 4 heterocycles. The van der Waals surface area contributed by atoms with E-state index < -0.39 is 5.97 Å². The number of nitrogens with one attached hydrogen (secondary N) is 1. The molecule has 4 rings (SSSR count). The number of carbonyl (C=O) groups excluding carboxylic acids is 1. The van der Waals surface area contributed by atoms with Crippen LogP contribution in [0.2, 0.25) is 0 Å². The van der Waals surface area contributed by atoms with E-state index in [0.29, 0.717) is 26.1 Å². The van der Waals surface area contributed by atoms with Gasteiger partial charge in [-0.1, -0.05) is 0 Å². The molecule has 0 aromatic carbocycles. The smallest absolute Gasteiger partial charge is 0.356 e. The van der Waals surface area contributed by atoms with Crippen molar-refractivity contribution in [1.29, 1.82) is 0 Å². The molecule has 1 unspecified atom stereocenters. The Hall–Kier alpha value is -3.36. The molecule has 0 fully saturated rings. The summed E-state index contributed by atoms with van der Waals surface area (Å²) in [5, 5.41) is 13.2. The average molecular weight is 354 g/mol. The number of carbonyl (C=O) groups is 2. The third-order valence-corrected chi connectivity index (χ3v) is 4.57. The van der Waals surface area contributed by atoms with Gasteiger partial charge in [-0.05, 0) is 18.2 Å². The number of fused-ring (bicyclic) bond motifs is 1. The zero-order valence-corrected chi connectivity index (χ0v) is 13.9. The van der Waals surface area contributed by atoms with Crippen LogP contribution in [0, 0.1) is 0 Å². The summed E-state index contributed by atoms with van der Waals surface area (Å²) >= 11 is 0. The van der Waals surface area contributed by atoms with Crippen LogP contribution < -0.4 is 0 Å². The van der Waals surface area contributed by atoms with Gasteiger partial charge in [0.25, 0.3) is 0 Å². The van der Waals surface area contributed by atoms with Crippen molar-refractivity contribution in [2.45, 2.75) is 25.6 Å². The molecule has 0 spiro atoms. The van der Waals surface area contributed by atoms with Gasteiger partial charge >= 0.3 is 5.97 Å². The largest absolute Gasteiger partial charge is 0.476 e. The fourth-order valence-electron chi connectivity index (χ4n) is 3.25. The first-order chi connectivity index (χ1) is 12.6. The normalized spacial score (nSPS) is 14.8. The fourth-order valence-corrected chi connectivity index (χ4v) is 3.25. The maximum absolute atomic E-state index is 13.2. The molecule has 0 saturated carbocycles. The second-order valence-electron chi connectivity index (χ2n) is 6.24. The van der Waals surface area contributed by atoms with Crippen molar-refractivity contribution in [2.75, 3.05) is 6.54 Å². The number of imidazole rings is 1. The van der Waals surface area contributed by atoms with Gasteiger partial charge in [0.2, 0.25) is 5.91 Å². The molecule has 9 nitrogen and oxygen atoms in total. The number of H-pyrrole nitrogens is 1. The number of nitrogens with zero attached hydrogens (tertiary/aromatic N) is 5. The monoisotopic (exact) mass is 354 g/mol. The van der Waals surface area contributed by atoms with E-state index in [1.807, 2.05) is 29.1 Å². The zero-order valence-electron chi connectivity index (χ0n) is 13.9. The maximum atomic E-state index is 13.2. The summed E-state index contributed by atoms with van der Waals surface area (Å²) in [5.74, 6) is -1.07. The molecule has 0 radical (unpaired) electrons. The van der Waals surface area contributed by atoms with Gasteiger partial charge < -0.3 is 19.6 Å². The minimum atomic E-state index is -1.06. The lowest BCUT2D eigenvalue weighted by Crippen LogP contribution is -2.42. The minimum absolute atomic E-state index is 0.00807. The Balaban J connectivity index is 1.56. The molecule has 9 heteroatoms. The van der Waals surface area contributed by atoms with Crippen LogP contribution in [-0.2, 0) is 24.3 Å². The first kappa shape index (κ1) is 16.1. The molecule has 0 saturated heterocycles. The summed E-state index contributed by atoms with van der Waals surface area (Å²) in [6.07, 6.45) is 7.56. The number of hydrogen-bond donors (Lipinski definition) is 2. The summed E-state index contributed by atoms with van der Waals surface area (Å²) in [6, 6.07) is 4.91. The molecule has 3 aromatic rings. The number of carboxylic acid groups (broad SMARTS) is 1. The van der Waals surface area contributed by atoms with E-state index in [9.17, 15) is 9.59 Å². The summed E-state index contributed by atoms with van der Waals surface area (Å²) in [6.45, 7) is 1.32. The summed E-state index contributed by atoms with van der Waals surface area (Å²) < 4.78 is 3.55. The van der Waals surface area contributed by atoms with Gasteiger partial charge in [0.15, 0.2) is 5.69 Å². The summed E-state index contributed by atoms with van der Waals surface area (Å²) in [7, 11) is 0. The molecule has 1 aliphatic rings. The van der Waals surface area contributed by atoms with Gasteiger partial charge in [0.05, 0.1) is 25.1 Å². The Kier molecular flexibility index (Phi) is 4.04. The van der Waals surface area contributed by atoms with Crippen molar-refractivity contribution in [3.05, 3.63) is 60.2 Å². The standard InChI is InChI=1S/C17H18N6O3/c24-16(15(21-3-1-2-4-21)7-12-9-18-11-19-12)22-5-6-23-13(10-22)8-14(20-23)17(25)26/h1-4,8-9,11,15H,5-7,10H2,(H,18,19)(H,25,26). The van der Waals surface area contributed by atoms with Crippen LogP contribution in [0.1, 0.15) is 27.9 Å². The number of amides is 1. The molecule has 1 aliphatic heterocycles. The second kappa shape index (κ2) is 6.51. The SMILES string of the molecule is O=C(O)c1cc2n(n1)CCN(C(=O)C(Cc1cnc[nH]1)n1cccc1)C2. The van der Waals surface area contributed by atoms with Crippen LogP contribution in [0.15, 0.2) is 43.1 Å². The lowest BCUT2D eigenvalue weighted by molar-refractivity contribution is -0.136. The highest BCUT2D eigenvalue weighted by molar-refractivity contribution is 5.85. The Morgan fingerprint density at radius 3 is 2.77 bits per heavy atom. The van der Waals surface area contributed by atoms with Crippen LogP contribution >= 0.6 is 0 Å². The van der Waals surface area contributed by atoms with E-state index in [-0.39, 0.29) is 17.6 Å². The summed E-state index contributed by atoms with van der Waals surface area (Å²) in [4.78, 5) is 33.1. The number of aromatic nitrogens is 5. The van der Waals surface area contributed by atoms with Gasteiger partial charge in [-0.25, -0.2) is 9.78 Å². The van der Waals surface area contributed by atoms with E-state index in [0.717, 1.165) is 11.4 Å². The molecule has 1 amide bonds. The number of hydrogen-bond acceptors (Lipinski definition) is 4. The topological polar surface area (TPSA) is 109 Å². The Morgan fingerprint density at radius 2 is 2.08 bits per heavy atom. The summed E-state index contributed by atoms with van der Waals surface area (Å²) in [5.41, 5.74) is 1.62. The van der Waals surface area contributed by atoms with E-state index in [2.05, 4.69) is 15.1 Å². The van der Waals surface area contributed by atoms with Gasteiger partial charge in [0, 0.05) is 37.3 Å². The zero-order chi connectivity index (χ0) is 18.1. The van der Waals surface area contributed by atoms with Crippen molar-refractivity contribution < 1.29 is 14.7 Å². The maximum Gasteiger partial charge on any atom is 0.356 e. The van der Waals surface area contributed by atoms with Gasteiger partial charge in [-0.15, -0.1) is 0 Å². The number of aromatic carboxylic acids is 1. The Bertz CT molecular complexity index is 913. The van der Waals surface area contributed by atoms with E-state index in [1.54, 1.807) is 22.1 Å². The van der Waals surface area contributed by atoms with Crippen LogP contribution in [0.3, 0.4) is 0 Å². The van der Waals surface area contributed by atoms with Crippen LogP contribution in [0.5, 0.6) is 0 Å². The van der Waals surface area contributed by atoms with E-state index in [1.165, 1.54) is 6.07 Å². The van der Waals surface area contributed by atoms with Crippen LogP contribution in [0.25, 0.3) is 0 Å². The Morgan fingerprint density at radius 1 is 1.27 bits per heavy atom. The molecule has 0 aliphatic carbocycles. The lowest BCUT2D eigenvalue weighted by Gasteiger charge is -2.31. The Labute approximate surface area is 148 Å². The van der Waals surface area contributed by atoms with Crippen molar-refractivity contribution in [1.82, 2.24) is 29.2 Å². The highest BCUT2D eigenvalue weighted by Gasteiger charge is 2.30. The third-order valence-electron chi connectivity index (χ3n) is 4.57. The molecular formula is C17H18N6O3.